The molecular formula is C13H21N4O3P. The fourth-order valence-corrected chi connectivity index (χ4v) is 2.64. The Kier molecular flexibility index (Phi) is 5.08. The Balaban J connectivity index is 2.20. The Hall–Kier alpha value is -1.30. The van der Waals surface area contributed by atoms with Crippen molar-refractivity contribution in [3.05, 3.63) is 18.3 Å². The van der Waals surface area contributed by atoms with Crippen molar-refractivity contribution in [2.24, 2.45) is 0 Å². The molecule has 2 aromatic rings. The lowest BCUT2D eigenvalue weighted by molar-refractivity contribution is 0.123. The van der Waals surface area contributed by atoms with E-state index in [9.17, 15) is 9.67 Å². The van der Waals surface area contributed by atoms with Gasteiger partial charge < -0.3 is 19.0 Å². The number of aryl methyl sites for hydroxylation is 1. The Morgan fingerprint density at radius 3 is 2.81 bits per heavy atom. The molecule has 0 bridgehead atoms. The van der Waals surface area contributed by atoms with Crippen molar-refractivity contribution < 1.29 is 14.4 Å². The van der Waals surface area contributed by atoms with Gasteiger partial charge in [0.2, 0.25) is 0 Å². The lowest BCUT2D eigenvalue weighted by Gasteiger charge is -2.19. The minimum absolute atomic E-state index is 0.0354. The molecular weight excluding hydrogens is 291 g/mol. The van der Waals surface area contributed by atoms with Crippen LogP contribution in [0.25, 0.3) is 11.2 Å². The topological polar surface area (TPSA) is 90.1 Å². The van der Waals surface area contributed by atoms with Crippen molar-refractivity contribution in [2.75, 3.05) is 32.9 Å². The van der Waals surface area contributed by atoms with Gasteiger partial charge in [-0.05, 0) is 26.7 Å². The third-order valence-electron chi connectivity index (χ3n) is 3.11. The number of aliphatic hydroxyl groups excluding tert-OH is 1. The van der Waals surface area contributed by atoms with Gasteiger partial charge in [0.05, 0.1) is 31.0 Å². The summed E-state index contributed by atoms with van der Waals surface area (Å²) in [5.41, 5.74) is 2.28. The maximum atomic E-state index is 11.7. The predicted octanol–water partition coefficient (Wildman–Crippen LogP) is 1.66. The molecule has 1 atom stereocenters. The summed E-state index contributed by atoms with van der Waals surface area (Å²) in [4.78, 5) is 12.7. The van der Waals surface area contributed by atoms with Crippen molar-refractivity contribution in [3.63, 3.8) is 0 Å². The number of aromatic nitrogens is 4. The van der Waals surface area contributed by atoms with E-state index in [2.05, 4.69) is 15.0 Å². The zero-order valence-corrected chi connectivity index (χ0v) is 13.5. The van der Waals surface area contributed by atoms with Gasteiger partial charge in [0.25, 0.3) is 0 Å². The largest absolute Gasteiger partial charge is 0.396 e. The molecule has 2 heterocycles. The molecule has 1 N–H and O–H groups in total. The van der Waals surface area contributed by atoms with Gasteiger partial charge in [-0.1, -0.05) is 0 Å². The van der Waals surface area contributed by atoms with Gasteiger partial charge in [-0.2, -0.15) is 0 Å². The van der Waals surface area contributed by atoms with Crippen LogP contribution in [0.1, 0.15) is 18.2 Å². The molecule has 0 saturated heterocycles. The van der Waals surface area contributed by atoms with Crippen LogP contribution < -0.4 is 0 Å². The molecule has 8 heteroatoms. The number of rotatable bonds is 7. The van der Waals surface area contributed by atoms with E-state index in [1.807, 2.05) is 11.5 Å². The number of aliphatic hydroxyl groups is 1. The molecule has 0 fully saturated rings. The molecule has 21 heavy (non-hydrogen) atoms. The lowest BCUT2D eigenvalue weighted by Crippen LogP contribution is -2.17. The van der Waals surface area contributed by atoms with Crippen molar-refractivity contribution in [3.8, 4) is 0 Å². The fourth-order valence-electron chi connectivity index (χ4n) is 2.10. The highest BCUT2D eigenvalue weighted by Crippen LogP contribution is 2.35. The van der Waals surface area contributed by atoms with Crippen molar-refractivity contribution in [2.45, 2.75) is 19.4 Å². The first-order valence-electron chi connectivity index (χ1n) is 6.79. The van der Waals surface area contributed by atoms with Gasteiger partial charge in [-0.25, -0.2) is 15.0 Å². The van der Waals surface area contributed by atoms with E-state index < -0.39 is 7.14 Å². The summed E-state index contributed by atoms with van der Waals surface area (Å²) < 4.78 is 19.1. The van der Waals surface area contributed by atoms with Gasteiger partial charge >= 0.3 is 0 Å². The highest BCUT2D eigenvalue weighted by atomic mass is 31.2. The number of nitrogens with zero attached hydrogens (tertiary/aromatic N) is 4. The first-order chi connectivity index (χ1) is 9.92. The van der Waals surface area contributed by atoms with E-state index in [0.29, 0.717) is 13.0 Å². The van der Waals surface area contributed by atoms with E-state index >= 15 is 0 Å². The minimum Gasteiger partial charge on any atom is -0.396 e. The van der Waals surface area contributed by atoms with E-state index in [4.69, 9.17) is 4.74 Å². The van der Waals surface area contributed by atoms with Crippen LogP contribution in [0.5, 0.6) is 0 Å². The second-order valence-electron chi connectivity index (χ2n) is 5.52. The Bertz CT molecular complexity index is 652. The maximum Gasteiger partial charge on any atom is 0.163 e. The third kappa shape index (κ3) is 4.09. The molecule has 116 valence electrons. The van der Waals surface area contributed by atoms with Gasteiger partial charge in [-0.3, -0.25) is 0 Å². The lowest BCUT2D eigenvalue weighted by atomic mass is 10.2. The van der Waals surface area contributed by atoms with Crippen LogP contribution in [0.3, 0.4) is 0 Å². The fraction of sp³-hybridized carbons (Fsp3) is 0.615. The molecule has 2 aromatic heterocycles. The van der Waals surface area contributed by atoms with Crippen LogP contribution in [-0.2, 0) is 9.30 Å². The summed E-state index contributed by atoms with van der Waals surface area (Å²) in [7, 11) is -2.21. The van der Waals surface area contributed by atoms with Crippen LogP contribution in [0.4, 0.5) is 0 Å². The summed E-state index contributed by atoms with van der Waals surface area (Å²) in [5, 5.41) is 9.24. The maximum absolute atomic E-state index is 11.7. The summed E-state index contributed by atoms with van der Waals surface area (Å²) in [5.74, 6) is 0. The molecule has 2 rings (SSSR count). The van der Waals surface area contributed by atoms with E-state index in [1.54, 1.807) is 19.7 Å². The summed E-state index contributed by atoms with van der Waals surface area (Å²) >= 11 is 0. The molecule has 0 saturated carbocycles. The van der Waals surface area contributed by atoms with Crippen molar-refractivity contribution >= 4 is 18.3 Å². The second-order valence-corrected chi connectivity index (χ2v) is 8.93. The van der Waals surface area contributed by atoms with Gasteiger partial charge in [0, 0.05) is 6.61 Å². The van der Waals surface area contributed by atoms with Crippen LogP contribution >= 0.6 is 7.14 Å². The predicted molar refractivity (Wildman–Crippen MR) is 81.1 cm³/mol. The zero-order chi connectivity index (χ0) is 15.5. The normalized spacial score (nSPS) is 13.7. The van der Waals surface area contributed by atoms with Crippen LogP contribution in [-0.4, -0.2) is 57.5 Å². The van der Waals surface area contributed by atoms with Crippen LogP contribution in [0, 0.1) is 6.92 Å². The van der Waals surface area contributed by atoms with Gasteiger partial charge in [0.1, 0.15) is 19.0 Å². The molecule has 0 aliphatic carbocycles. The monoisotopic (exact) mass is 312 g/mol. The smallest absolute Gasteiger partial charge is 0.163 e. The molecule has 7 nitrogen and oxygen atoms in total. The van der Waals surface area contributed by atoms with Crippen molar-refractivity contribution in [1.82, 2.24) is 19.5 Å². The SMILES string of the molecule is Cc1ncnc2c1ncn2C(CCO)COCP(C)(C)=O. The highest BCUT2D eigenvalue weighted by molar-refractivity contribution is 7.62. The van der Waals surface area contributed by atoms with Gasteiger partial charge in [0.15, 0.2) is 5.65 Å². The molecule has 0 amide bonds. The summed E-state index contributed by atoms with van der Waals surface area (Å²) in [6, 6.07) is -0.0964. The number of ether oxygens (including phenoxy) is 1. The number of imidazole rings is 1. The number of hydrogen-bond donors (Lipinski definition) is 1. The van der Waals surface area contributed by atoms with E-state index in [-0.39, 0.29) is 19.0 Å². The summed E-state index contributed by atoms with van der Waals surface area (Å²) in [6.45, 7) is 5.66. The molecule has 0 spiro atoms. The first kappa shape index (κ1) is 16.1. The molecule has 0 radical (unpaired) electrons. The van der Waals surface area contributed by atoms with Gasteiger partial charge in [-0.15, -0.1) is 0 Å². The van der Waals surface area contributed by atoms with Crippen molar-refractivity contribution in [1.29, 1.82) is 0 Å². The standard InChI is InChI=1S/C13H21N4O3P/c1-10-12-13(15-7-14-10)17(8-16-12)11(4-5-18)6-20-9-21(2,3)19/h7-8,11,18H,4-6,9H2,1-3H3. The van der Waals surface area contributed by atoms with E-state index in [1.165, 1.54) is 6.33 Å². The average Bonchev–Trinajstić information content (AvgIpc) is 2.81. The third-order valence-corrected chi connectivity index (χ3v) is 3.91. The van der Waals surface area contributed by atoms with Crippen LogP contribution in [0.15, 0.2) is 12.7 Å². The Morgan fingerprint density at radius 2 is 2.14 bits per heavy atom. The molecule has 1 unspecified atom stereocenters. The summed E-state index contributed by atoms with van der Waals surface area (Å²) in [6.07, 6.45) is 3.94. The highest BCUT2D eigenvalue weighted by Gasteiger charge is 2.17. The number of fused-ring (bicyclic) bond motifs is 1. The molecule has 0 aliphatic rings. The quantitative estimate of drug-likeness (QED) is 0.782. The zero-order valence-electron chi connectivity index (χ0n) is 12.6. The average molecular weight is 312 g/mol. The molecule has 0 aromatic carbocycles. The second kappa shape index (κ2) is 6.64. The van der Waals surface area contributed by atoms with Crippen LogP contribution in [0.2, 0.25) is 0 Å². The molecule has 0 aliphatic heterocycles. The Morgan fingerprint density at radius 1 is 1.38 bits per heavy atom. The van der Waals surface area contributed by atoms with E-state index in [0.717, 1.165) is 16.9 Å². The Labute approximate surface area is 123 Å². The minimum atomic E-state index is -2.21. The first-order valence-corrected chi connectivity index (χ1v) is 9.58. The number of hydrogen-bond acceptors (Lipinski definition) is 6.